The zero-order valence-electron chi connectivity index (χ0n) is 20.3. The summed E-state index contributed by atoms with van der Waals surface area (Å²) in [7, 11) is 0. The van der Waals surface area contributed by atoms with Gasteiger partial charge in [-0.1, -0.05) is 0 Å². The number of urea groups is 1. The number of anilines is 2. The van der Waals surface area contributed by atoms with E-state index in [1.165, 1.54) is 0 Å². The van der Waals surface area contributed by atoms with Crippen molar-refractivity contribution in [3.05, 3.63) is 35.0 Å². The van der Waals surface area contributed by atoms with Crippen LogP contribution in [0.1, 0.15) is 51.3 Å². The molecule has 1 aromatic heterocycles. The molecule has 2 aromatic rings. The number of nitrogens with zero attached hydrogens (tertiary/aromatic N) is 4. The Kier molecular flexibility index (Phi) is 7.78. The minimum atomic E-state index is -1.11. The van der Waals surface area contributed by atoms with Crippen molar-refractivity contribution in [2.75, 3.05) is 29.9 Å². The number of aliphatic hydroxyl groups excluding tert-OH is 1. The number of ether oxygens (including phenoxy) is 1. The number of hydrogen-bond donors (Lipinski definition) is 3. The molecule has 3 N–H and O–H groups in total. The molecule has 35 heavy (non-hydrogen) atoms. The number of aliphatic hydroxyl groups is 1. The van der Waals surface area contributed by atoms with Crippen LogP contribution in [0.5, 0.6) is 0 Å². The summed E-state index contributed by atoms with van der Waals surface area (Å²) in [5, 5.41) is 15.3. The zero-order chi connectivity index (χ0) is 25.1. The van der Waals surface area contributed by atoms with Gasteiger partial charge in [-0.2, -0.15) is 0 Å². The number of aromatic nitrogens is 2. The van der Waals surface area contributed by atoms with Gasteiger partial charge in [-0.25, -0.2) is 28.4 Å². The lowest BCUT2D eigenvalue weighted by atomic mass is 10.0. The van der Waals surface area contributed by atoms with E-state index >= 15 is 8.78 Å². The Bertz CT molecular complexity index is 1060. The third-order valence-electron chi connectivity index (χ3n) is 6.35. The second-order valence-corrected chi connectivity index (χ2v) is 8.82. The minimum Gasteiger partial charge on any atom is -0.356 e. The van der Waals surface area contributed by atoms with Gasteiger partial charge in [0.25, 0.3) is 0 Å². The van der Waals surface area contributed by atoms with Crippen LogP contribution in [0.25, 0.3) is 11.4 Å². The molecule has 2 atom stereocenters. The van der Waals surface area contributed by atoms with Gasteiger partial charge in [-0.05, 0) is 52.2 Å². The number of carbonyl (C=O) groups excluding carboxylic acids is 1. The molecular weight excluding hydrogens is 458 g/mol. The second-order valence-electron chi connectivity index (χ2n) is 8.82. The monoisotopic (exact) mass is 490 g/mol. The van der Waals surface area contributed by atoms with Gasteiger partial charge in [0, 0.05) is 50.1 Å². The van der Waals surface area contributed by atoms with Crippen LogP contribution in [0.4, 0.5) is 25.1 Å². The quantitative estimate of drug-likeness (QED) is 0.510. The van der Waals surface area contributed by atoms with E-state index < -0.39 is 24.1 Å². The predicted octanol–water partition coefficient (Wildman–Crippen LogP) is 3.57. The Labute approximate surface area is 203 Å². The molecule has 1 aromatic carbocycles. The largest absolute Gasteiger partial charge is 0.356 e. The van der Waals surface area contributed by atoms with E-state index in [2.05, 4.69) is 32.4 Å². The highest BCUT2D eigenvalue weighted by Crippen LogP contribution is 2.36. The Morgan fingerprint density at radius 3 is 2.63 bits per heavy atom. The van der Waals surface area contributed by atoms with Crippen molar-refractivity contribution in [2.24, 2.45) is 0 Å². The third-order valence-corrected chi connectivity index (χ3v) is 6.35. The lowest BCUT2D eigenvalue weighted by molar-refractivity contribution is -0.193. The van der Waals surface area contributed by atoms with Crippen molar-refractivity contribution in [3.8, 4) is 11.4 Å². The summed E-state index contributed by atoms with van der Waals surface area (Å²) in [6.07, 6.45) is 1.98. The summed E-state index contributed by atoms with van der Waals surface area (Å²) in [5.74, 6) is -1.19. The fraction of sp³-hybridized carbons (Fsp3) is 0.542. The summed E-state index contributed by atoms with van der Waals surface area (Å²) in [6.45, 7) is 7.78. The van der Waals surface area contributed by atoms with E-state index in [1.807, 2.05) is 0 Å². The SMILES string of the molecule is CCNC(=O)Nc1cc(F)c(-c2nc3c(c(N4CCCCC4C)n2)CN(C(O)OCC)C3)c(F)c1. The van der Waals surface area contributed by atoms with Crippen molar-refractivity contribution in [2.45, 2.75) is 65.6 Å². The molecule has 9 nitrogen and oxygen atoms in total. The summed E-state index contributed by atoms with van der Waals surface area (Å²) >= 11 is 0. The van der Waals surface area contributed by atoms with Gasteiger partial charge in [-0.3, -0.25) is 0 Å². The molecule has 1 fully saturated rings. The number of rotatable bonds is 7. The van der Waals surface area contributed by atoms with Crippen LogP contribution >= 0.6 is 0 Å². The highest BCUT2D eigenvalue weighted by molar-refractivity contribution is 5.89. The van der Waals surface area contributed by atoms with E-state index in [9.17, 15) is 9.90 Å². The van der Waals surface area contributed by atoms with E-state index in [-0.39, 0.29) is 29.7 Å². The van der Waals surface area contributed by atoms with Gasteiger partial charge < -0.3 is 25.4 Å². The third kappa shape index (κ3) is 5.36. The summed E-state index contributed by atoms with van der Waals surface area (Å²) < 4.78 is 35.7. The van der Waals surface area contributed by atoms with E-state index in [4.69, 9.17) is 4.74 Å². The number of piperidine rings is 1. The molecule has 0 radical (unpaired) electrons. The first kappa shape index (κ1) is 25.2. The van der Waals surface area contributed by atoms with Crippen molar-refractivity contribution in [1.82, 2.24) is 20.2 Å². The predicted molar refractivity (Wildman–Crippen MR) is 128 cm³/mol. The van der Waals surface area contributed by atoms with Gasteiger partial charge in [0.1, 0.15) is 17.5 Å². The van der Waals surface area contributed by atoms with E-state index in [0.717, 1.165) is 43.5 Å². The maximum absolute atomic E-state index is 15.2. The van der Waals surface area contributed by atoms with E-state index in [0.29, 0.717) is 31.2 Å². The molecule has 0 saturated carbocycles. The first-order chi connectivity index (χ1) is 16.8. The molecule has 4 rings (SSSR count). The molecule has 11 heteroatoms. The number of hydrogen-bond acceptors (Lipinski definition) is 7. The van der Waals surface area contributed by atoms with Crippen LogP contribution in [0, 0.1) is 11.6 Å². The molecule has 1 saturated heterocycles. The molecule has 0 spiro atoms. The van der Waals surface area contributed by atoms with Gasteiger partial charge in [0.15, 0.2) is 5.82 Å². The standard InChI is InChI=1S/C24H32F2N6O3/c1-4-27-23(33)28-15-10-17(25)20(18(26)11-15)21-29-19-13-31(24(34)35-5-2)12-16(19)22(30-21)32-9-7-6-8-14(32)3/h10-11,14,24,34H,4-9,12-13H2,1-3H3,(H2,27,28,33). The fourth-order valence-corrected chi connectivity index (χ4v) is 4.63. The molecule has 190 valence electrons. The van der Waals surface area contributed by atoms with Crippen LogP contribution in [-0.2, 0) is 17.8 Å². The highest BCUT2D eigenvalue weighted by atomic mass is 19.1. The topological polar surface area (TPSA) is 103 Å². The lowest BCUT2D eigenvalue weighted by Gasteiger charge is -2.35. The number of benzene rings is 1. The average Bonchev–Trinajstić information content (AvgIpc) is 3.23. The number of amides is 2. The molecule has 2 unspecified atom stereocenters. The maximum Gasteiger partial charge on any atom is 0.319 e. The molecule has 2 aliphatic rings. The number of fused-ring (bicyclic) bond motifs is 1. The molecule has 2 aliphatic heterocycles. The Balaban J connectivity index is 1.75. The minimum absolute atomic E-state index is 0.00764. The van der Waals surface area contributed by atoms with Gasteiger partial charge in [0.05, 0.1) is 11.3 Å². The molecule has 2 amide bonds. The molecule has 3 heterocycles. The summed E-state index contributed by atoms with van der Waals surface area (Å²) in [4.78, 5) is 24.8. The van der Waals surface area contributed by atoms with Gasteiger partial charge in [-0.15, -0.1) is 0 Å². The Morgan fingerprint density at radius 1 is 1.23 bits per heavy atom. The van der Waals surface area contributed by atoms with Crippen molar-refractivity contribution < 1.29 is 23.4 Å². The number of nitrogens with one attached hydrogen (secondary N) is 2. The van der Waals surface area contributed by atoms with Crippen molar-refractivity contribution >= 4 is 17.5 Å². The van der Waals surface area contributed by atoms with Crippen molar-refractivity contribution in [3.63, 3.8) is 0 Å². The number of halogens is 2. The average molecular weight is 491 g/mol. The first-order valence-corrected chi connectivity index (χ1v) is 12.1. The first-order valence-electron chi connectivity index (χ1n) is 12.1. The van der Waals surface area contributed by atoms with Crippen LogP contribution in [0.3, 0.4) is 0 Å². The maximum atomic E-state index is 15.2. The normalized spacial score (nSPS) is 18.9. The van der Waals surface area contributed by atoms with Gasteiger partial charge >= 0.3 is 6.03 Å². The second kappa shape index (κ2) is 10.8. The van der Waals surface area contributed by atoms with Gasteiger partial charge in [0.2, 0.25) is 6.41 Å². The van der Waals surface area contributed by atoms with Crippen LogP contribution in [-0.4, -0.2) is 58.2 Å². The summed E-state index contributed by atoms with van der Waals surface area (Å²) in [5.41, 5.74) is 1.07. The summed E-state index contributed by atoms with van der Waals surface area (Å²) in [6, 6.07) is 1.76. The smallest absolute Gasteiger partial charge is 0.319 e. The zero-order valence-corrected chi connectivity index (χ0v) is 20.3. The molecule has 0 aliphatic carbocycles. The van der Waals surface area contributed by atoms with Crippen LogP contribution < -0.4 is 15.5 Å². The highest BCUT2D eigenvalue weighted by Gasteiger charge is 2.34. The number of carbonyl (C=O) groups is 1. The van der Waals surface area contributed by atoms with Crippen LogP contribution in [0.15, 0.2) is 12.1 Å². The lowest BCUT2D eigenvalue weighted by Crippen LogP contribution is -2.39. The molecule has 0 bridgehead atoms. The molecular formula is C24H32F2N6O3. The fourth-order valence-electron chi connectivity index (χ4n) is 4.63. The van der Waals surface area contributed by atoms with Crippen molar-refractivity contribution in [1.29, 1.82) is 0 Å². The van der Waals surface area contributed by atoms with E-state index in [1.54, 1.807) is 18.7 Å². The van der Waals surface area contributed by atoms with Crippen LogP contribution in [0.2, 0.25) is 0 Å². The Hall–Kier alpha value is -2.89. The Morgan fingerprint density at radius 2 is 1.97 bits per heavy atom.